The molecule has 0 bridgehead atoms. The number of nitro benzene ring substituents is 1. The lowest BCUT2D eigenvalue weighted by Gasteiger charge is -2.02. The van der Waals surface area contributed by atoms with Gasteiger partial charge in [0.2, 0.25) is 0 Å². The number of ether oxygens (including phenoxy) is 1. The normalized spacial score (nSPS) is 9.33. The highest BCUT2D eigenvalue weighted by molar-refractivity contribution is 5.92. The molecule has 0 aromatic heterocycles. The second kappa shape index (κ2) is 4.18. The monoisotopic (exact) mass is 211 g/mol. The number of benzene rings is 1. The Morgan fingerprint density at radius 1 is 1.53 bits per heavy atom. The van der Waals surface area contributed by atoms with Gasteiger partial charge in [0, 0.05) is 12.1 Å². The molecule has 7 heteroatoms. The van der Waals surface area contributed by atoms with Crippen LogP contribution in [0.4, 0.5) is 5.69 Å². The summed E-state index contributed by atoms with van der Waals surface area (Å²) in [4.78, 5) is 30.3. The fourth-order valence-electron chi connectivity index (χ4n) is 0.953. The van der Waals surface area contributed by atoms with Crippen molar-refractivity contribution in [3.05, 3.63) is 33.9 Å². The summed E-state index contributed by atoms with van der Waals surface area (Å²) in [5.41, 5.74) is -0.818. The zero-order chi connectivity index (χ0) is 11.4. The Hall–Kier alpha value is -2.44. The lowest BCUT2D eigenvalue weighted by Crippen LogP contribution is -2.03. The molecule has 0 aliphatic carbocycles. The van der Waals surface area contributed by atoms with Crippen LogP contribution in [0.15, 0.2) is 18.2 Å². The van der Waals surface area contributed by atoms with E-state index in [-0.39, 0.29) is 17.9 Å². The summed E-state index contributed by atoms with van der Waals surface area (Å²) in [6.07, 6.45) is 0. The van der Waals surface area contributed by atoms with Crippen LogP contribution in [-0.4, -0.2) is 22.5 Å². The Kier molecular flexibility index (Phi) is 2.97. The number of nitrogens with zero attached hydrogens (tertiary/aromatic N) is 1. The van der Waals surface area contributed by atoms with Crippen LogP contribution in [0.5, 0.6) is 5.75 Å². The van der Waals surface area contributed by atoms with Crippen molar-refractivity contribution in [3.63, 3.8) is 0 Å². The smallest absolute Gasteiger partial charge is 0.339 e. The summed E-state index contributed by atoms with van der Waals surface area (Å²) < 4.78 is 4.35. The number of rotatable bonds is 4. The van der Waals surface area contributed by atoms with Gasteiger partial charge in [-0.1, -0.05) is 0 Å². The quantitative estimate of drug-likeness (QED) is 0.449. The number of carboxylic acids is 1. The molecule has 0 saturated carbocycles. The molecule has 15 heavy (non-hydrogen) atoms. The van der Waals surface area contributed by atoms with Crippen LogP contribution in [-0.2, 0) is 4.79 Å². The Morgan fingerprint density at radius 3 is 2.67 bits per heavy atom. The number of carbonyl (C=O) groups is 2. The van der Waals surface area contributed by atoms with Crippen LogP contribution in [0.25, 0.3) is 0 Å². The van der Waals surface area contributed by atoms with Crippen LogP contribution in [0.2, 0.25) is 0 Å². The van der Waals surface area contributed by atoms with Crippen LogP contribution in [0.3, 0.4) is 0 Å². The maximum atomic E-state index is 10.7. The van der Waals surface area contributed by atoms with Gasteiger partial charge in [-0.2, -0.15) is 0 Å². The molecule has 0 atom stereocenters. The number of aromatic carboxylic acids is 1. The second-order valence-corrected chi connectivity index (χ2v) is 2.46. The van der Waals surface area contributed by atoms with E-state index >= 15 is 0 Å². The molecule has 7 nitrogen and oxygen atoms in total. The van der Waals surface area contributed by atoms with E-state index in [1.165, 1.54) is 0 Å². The number of nitro groups is 1. The Labute approximate surface area is 83.0 Å². The lowest BCUT2D eigenvalue weighted by molar-refractivity contribution is -0.384. The van der Waals surface area contributed by atoms with Crippen molar-refractivity contribution in [2.75, 3.05) is 0 Å². The SMILES string of the molecule is O=COc1ccc([N+](=O)[O-])cc1C(=O)O. The number of hydrogen-bond acceptors (Lipinski definition) is 5. The molecule has 0 radical (unpaired) electrons. The second-order valence-electron chi connectivity index (χ2n) is 2.46. The van der Waals surface area contributed by atoms with Crippen LogP contribution in [0.1, 0.15) is 10.4 Å². The van der Waals surface area contributed by atoms with E-state index in [1.54, 1.807) is 0 Å². The first-order chi connectivity index (χ1) is 7.06. The minimum absolute atomic E-state index is 0.0492. The van der Waals surface area contributed by atoms with Crippen LogP contribution < -0.4 is 4.74 Å². The van der Waals surface area contributed by atoms with E-state index in [1.807, 2.05) is 0 Å². The average Bonchev–Trinajstić information content (AvgIpc) is 2.18. The molecule has 0 saturated heterocycles. The van der Waals surface area contributed by atoms with E-state index < -0.39 is 16.5 Å². The molecule has 0 aliphatic rings. The molecule has 0 aliphatic heterocycles. The van der Waals surface area contributed by atoms with Gasteiger partial charge in [-0.3, -0.25) is 14.9 Å². The summed E-state index contributed by atoms with van der Waals surface area (Å²) in [5, 5.41) is 19.0. The number of hydrogen-bond donors (Lipinski definition) is 1. The van der Waals surface area contributed by atoms with Gasteiger partial charge in [0.15, 0.2) is 0 Å². The largest absolute Gasteiger partial charge is 0.478 e. The first-order valence-corrected chi connectivity index (χ1v) is 3.68. The Bertz CT molecular complexity index is 427. The average molecular weight is 211 g/mol. The van der Waals surface area contributed by atoms with E-state index in [0.29, 0.717) is 0 Å². The Balaban J connectivity index is 3.26. The van der Waals surface area contributed by atoms with Crippen molar-refractivity contribution in [1.82, 2.24) is 0 Å². The molecule has 0 heterocycles. The zero-order valence-corrected chi connectivity index (χ0v) is 7.25. The fourth-order valence-corrected chi connectivity index (χ4v) is 0.953. The zero-order valence-electron chi connectivity index (χ0n) is 7.25. The summed E-state index contributed by atoms with van der Waals surface area (Å²) >= 11 is 0. The number of carboxylic acid groups (broad SMARTS) is 1. The van der Waals surface area contributed by atoms with E-state index in [0.717, 1.165) is 18.2 Å². The predicted molar refractivity (Wildman–Crippen MR) is 46.7 cm³/mol. The van der Waals surface area contributed by atoms with Gasteiger partial charge in [0.05, 0.1) is 4.92 Å². The third kappa shape index (κ3) is 2.27. The summed E-state index contributed by atoms with van der Waals surface area (Å²) in [7, 11) is 0. The highest BCUT2D eigenvalue weighted by Crippen LogP contribution is 2.23. The van der Waals surface area contributed by atoms with Crippen molar-refractivity contribution < 1.29 is 24.4 Å². The van der Waals surface area contributed by atoms with Gasteiger partial charge >= 0.3 is 5.97 Å². The molecular weight excluding hydrogens is 206 g/mol. The van der Waals surface area contributed by atoms with Gasteiger partial charge in [-0.15, -0.1) is 0 Å². The van der Waals surface area contributed by atoms with Crippen molar-refractivity contribution >= 4 is 18.1 Å². The summed E-state index contributed by atoms with van der Waals surface area (Å²) in [6, 6.07) is 2.92. The molecule has 1 aromatic rings. The molecule has 1 N–H and O–H groups in total. The molecule has 0 spiro atoms. The molecule has 0 amide bonds. The topological polar surface area (TPSA) is 107 Å². The van der Waals surface area contributed by atoms with E-state index in [2.05, 4.69) is 4.74 Å². The number of carbonyl (C=O) groups excluding carboxylic acids is 1. The number of non-ortho nitro benzene ring substituents is 1. The van der Waals surface area contributed by atoms with Crippen molar-refractivity contribution in [2.24, 2.45) is 0 Å². The standard InChI is InChI=1S/C8H5NO6/c10-4-15-7-2-1-5(9(13)14)3-6(7)8(11)12/h1-4H,(H,11,12). The molecular formula is C8H5NO6. The van der Waals surface area contributed by atoms with Crippen molar-refractivity contribution in [3.8, 4) is 5.75 Å². The minimum atomic E-state index is -1.41. The fraction of sp³-hybridized carbons (Fsp3) is 0. The van der Waals surface area contributed by atoms with Crippen LogP contribution >= 0.6 is 0 Å². The van der Waals surface area contributed by atoms with Crippen LogP contribution in [0, 0.1) is 10.1 Å². The van der Waals surface area contributed by atoms with Gasteiger partial charge in [0.25, 0.3) is 12.2 Å². The molecule has 1 aromatic carbocycles. The van der Waals surface area contributed by atoms with Gasteiger partial charge in [0.1, 0.15) is 11.3 Å². The first kappa shape index (κ1) is 10.6. The first-order valence-electron chi connectivity index (χ1n) is 3.68. The maximum absolute atomic E-state index is 10.7. The third-order valence-electron chi connectivity index (χ3n) is 1.58. The van der Waals surface area contributed by atoms with Gasteiger partial charge in [-0.05, 0) is 6.07 Å². The highest BCUT2D eigenvalue weighted by atomic mass is 16.6. The molecule has 0 unspecified atom stereocenters. The molecule has 0 fully saturated rings. The summed E-state index contributed by atoms with van der Waals surface area (Å²) in [6.45, 7) is 0.0492. The van der Waals surface area contributed by atoms with Crippen molar-refractivity contribution in [1.29, 1.82) is 0 Å². The minimum Gasteiger partial charge on any atom is -0.478 e. The summed E-state index contributed by atoms with van der Waals surface area (Å²) in [5.74, 6) is -1.64. The lowest BCUT2D eigenvalue weighted by atomic mass is 10.2. The third-order valence-corrected chi connectivity index (χ3v) is 1.58. The van der Waals surface area contributed by atoms with E-state index in [4.69, 9.17) is 5.11 Å². The van der Waals surface area contributed by atoms with E-state index in [9.17, 15) is 19.7 Å². The van der Waals surface area contributed by atoms with Gasteiger partial charge in [-0.25, -0.2) is 4.79 Å². The van der Waals surface area contributed by atoms with Gasteiger partial charge < -0.3 is 9.84 Å². The maximum Gasteiger partial charge on any atom is 0.339 e. The van der Waals surface area contributed by atoms with Crippen molar-refractivity contribution in [2.45, 2.75) is 0 Å². The Morgan fingerprint density at radius 2 is 2.20 bits per heavy atom. The molecule has 78 valence electrons. The highest BCUT2D eigenvalue weighted by Gasteiger charge is 2.16. The predicted octanol–water partition coefficient (Wildman–Crippen LogP) is 0.828. The molecule has 1 rings (SSSR count).